The van der Waals surface area contributed by atoms with Crippen LogP contribution in [-0.4, -0.2) is 26.5 Å². The summed E-state index contributed by atoms with van der Waals surface area (Å²) in [5.74, 6) is 0. The minimum absolute atomic E-state index is 0.229. The van der Waals surface area contributed by atoms with E-state index in [1.165, 1.54) is 17.6 Å². The summed E-state index contributed by atoms with van der Waals surface area (Å²) in [6.07, 6.45) is 1.25. The lowest BCUT2D eigenvalue weighted by Crippen LogP contribution is -2.34. The molecule has 3 nitrogen and oxygen atoms in total. The molecule has 0 radical (unpaired) electrons. The lowest BCUT2D eigenvalue weighted by molar-refractivity contribution is 0.518. The molecule has 1 aromatic heterocycles. The molecule has 1 aromatic rings. The number of thiophene rings is 1. The second-order valence-electron chi connectivity index (χ2n) is 3.70. The minimum Gasteiger partial charge on any atom is -0.308 e. The molecule has 1 N–H and O–H groups in total. The molecule has 0 saturated heterocycles. The molecule has 1 heterocycles. The minimum atomic E-state index is -3.08. The van der Waals surface area contributed by atoms with Crippen LogP contribution < -0.4 is 5.32 Å². The summed E-state index contributed by atoms with van der Waals surface area (Å²) >= 11 is 7.52. The van der Waals surface area contributed by atoms with Crippen molar-refractivity contribution in [2.45, 2.75) is 25.1 Å². The zero-order chi connectivity index (χ0) is 12.3. The van der Waals surface area contributed by atoms with E-state index < -0.39 is 15.1 Å². The highest BCUT2D eigenvalue weighted by atomic mass is 35.5. The SMILES string of the molecule is CCNC(c1sccc1Cl)C(C)S(C)(=O)=O. The molecule has 0 aliphatic heterocycles. The van der Waals surface area contributed by atoms with E-state index in [4.69, 9.17) is 11.6 Å². The van der Waals surface area contributed by atoms with Gasteiger partial charge in [0.1, 0.15) is 0 Å². The van der Waals surface area contributed by atoms with E-state index in [-0.39, 0.29) is 6.04 Å². The zero-order valence-corrected chi connectivity index (χ0v) is 11.9. The van der Waals surface area contributed by atoms with Crippen LogP contribution in [0, 0.1) is 0 Å². The van der Waals surface area contributed by atoms with Crippen molar-refractivity contribution in [3.8, 4) is 0 Å². The molecule has 0 aromatic carbocycles. The second-order valence-corrected chi connectivity index (χ2v) is 7.46. The third kappa shape index (κ3) is 3.20. The fourth-order valence-electron chi connectivity index (χ4n) is 1.47. The Morgan fingerprint density at radius 2 is 2.19 bits per heavy atom. The third-order valence-corrected chi connectivity index (χ3v) is 5.56. The van der Waals surface area contributed by atoms with Crippen molar-refractivity contribution in [2.75, 3.05) is 12.8 Å². The van der Waals surface area contributed by atoms with Crippen molar-refractivity contribution in [3.63, 3.8) is 0 Å². The van der Waals surface area contributed by atoms with Crippen LogP contribution in [0.15, 0.2) is 11.4 Å². The average Bonchev–Trinajstić information content (AvgIpc) is 2.58. The summed E-state index contributed by atoms with van der Waals surface area (Å²) in [6.45, 7) is 4.36. The summed E-state index contributed by atoms with van der Waals surface area (Å²) < 4.78 is 23.2. The highest BCUT2D eigenvalue weighted by molar-refractivity contribution is 7.91. The van der Waals surface area contributed by atoms with E-state index in [0.29, 0.717) is 11.6 Å². The molecule has 6 heteroatoms. The van der Waals surface area contributed by atoms with Crippen molar-refractivity contribution in [1.29, 1.82) is 0 Å². The van der Waals surface area contributed by atoms with E-state index in [9.17, 15) is 8.42 Å². The molecule has 0 fully saturated rings. The first kappa shape index (κ1) is 14.0. The Morgan fingerprint density at radius 1 is 1.56 bits per heavy atom. The molecule has 0 saturated carbocycles. The maximum atomic E-state index is 11.6. The van der Waals surface area contributed by atoms with Gasteiger partial charge in [0, 0.05) is 11.1 Å². The smallest absolute Gasteiger partial charge is 0.151 e. The molecule has 2 unspecified atom stereocenters. The third-order valence-electron chi connectivity index (χ3n) is 2.50. The first-order chi connectivity index (χ1) is 7.38. The highest BCUT2D eigenvalue weighted by Gasteiger charge is 2.28. The van der Waals surface area contributed by atoms with Crippen molar-refractivity contribution in [2.24, 2.45) is 0 Å². The molecule has 1 rings (SSSR count). The fourth-order valence-corrected chi connectivity index (χ4v) is 3.63. The molecule has 0 aliphatic rings. The maximum Gasteiger partial charge on any atom is 0.151 e. The van der Waals surface area contributed by atoms with Gasteiger partial charge in [-0.3, -0.25) is 0 Å². The van der Waals surface area contributed by atoms with Crippen LogP contribution >= 0.6 is 22.9 Å². The summed E-state index contributed by atoms with van der Waals surface area (Å²) in [4.78, 5) is 0.890. The summed E-state index contributed by atoms with van der Waals surface area (Å²) in [5.41, 5.74) is 0. The van der Waals surface area contributed by atoms with Crippen molar-refractivity contribution in [3.05, 3.63) is 21.3 Å². The van der Waals surface area contributed by atoms with Gasteiger partial charge in [0.2, 0.25) is 0 Å². The summed E-state index contributed by atoms with van der Waals surface area (Å²) in [5, 5.41) is 5.20. The van der Waals surface area contributed by atoms with Crippen molar-refractivity contribution in [1.82, 2.24) is 5.32 Å². The van der Waals surface area contributed by atoms with E-state index in [2.05, 4.69) is 5.32 Å². The number of rotatable bonds is 5. The normalized spacial score (nSPS) is 16.0. The van der Waals surface area contributed by atoms with Crippen LogP contribution in [0.5, 0.6) is 0 Å². The van der Waals surface area contributed by atoms with Gasteiger partial charge in [0.05, 0.1) is 16.3 Å². The standard InChI is InChI=1S/C10H16ClNO2S2/c1-4-12-9(7(2)16(3,13)14)10-8(11)5-6-15-10/h5-7,9,12H,4H2,1-3H3. The quantitative estimate of drug-likeness (QED) is 0.902. The Labute approximate surface area is 106 Å². The van der Waals surface area contributed by atoms with Crippen LogP contribution in [0.4, 0.5) is 0 Å². The van der Waals surface area contributed by atoms with Crippen molar-refractivity contribution < 1.29 is 8.42 Å². The first-order valence-electron chi connectivity index (χ1n) is 5.03. The lowest BCUT2D eigenvalue weighted by Gasteiger charge is -2.22. The monoisotopic (exact) mass is 281 g/mol. The molecule has 2 atom stereocenters. The summed E-state index contributed by atoms with van der Waals surface area (Å²) in [6, 6.07) is 1.56. The molecule has 0 spiro atoms. The van der Waals surface area contributed by atoms with Crippen LogP contribution in [0.2, 0.25) is 5.02 Å². The van der Waals surface area contributed by atoms with Gasteiger partial charge >= 0.3 is 0 Å². The Balaban J connectivity index is 3.05. The van der Waals surface area contributed by atoms with Gasteiger partial charge in [-0.05, 0) is 24.9 Å². The van der Waals surface area contributed by atoms with Crippen LogP contribution in [-0.2, 0) is 9.84 Å². The Kier molecular flexibility index (Phi) is 4.79. The maximum absolute atomic E-state index is 11.6. The van der Waals surface area contributed by atoms with Gasteiger partial charge < -0.3 is 5.32 Å². The van der Waals surface area contributed by atoms with Gasteiger partial charge in [-0.25, -0.2) is 8.42 Å². The average molecular weight is 282 g/mol. The van der Waals surface area contributed by atoms with Crippen molar-refractivity contribution >= 4 is 32.8 Å². The Bertz CT molecular complexity index is 441. The molecule has 0 amide bonds. The number of hydrogen-bond donors (Lipinski definition) is 1. The molecular weight excluding hydrogens is 266 g/mol. The second kappa shape index (κ2) is 5.49. The van der Waals surface area contributed by atoms with Gasteiger partial charge in [0.15, 0.2) is 9.84 Å². The number of hydrogen-bond acceptors (Lipinski definition) is 4. The van der Waals surface area contributed by atoms with Crippen LogP contribution in [0.3, 0.4) is 0 Å². The van der Waals surface area contributed by atoms with Crippen LogP contribution in [0.1, 0.15) is 24.8 Å². The molecule has 92 valence electrons. The highest BCUT2D eigenvalue weighted by Crippen LogP contribution is 2.32. The predicted molar refractivity (Wildman–Crippen MR) is 70.1 cm³/mol. The van der Waals surface area contributed by atoms with E-state index in [1.807, 2.05) is 12.3 Å². The zero-order valence-electron chi connectivity index (χ0n) is 9.53. The summed E-state index contributed by atoms with van der Waals surface area (Å²) in [7, 11) is -3.08. The van der Waals surface area contributed by atoms with Gasteiger partial charge in [-0.1, -0.05) is 18.5 Å². The van der Waals surface area contributed by atoms with Crippen LogP contribution in [0.25, 0.3) is 0 Å². The largest absolute Gasteiger partial charge is 0.308 e. The lowest BCUT2D eigenvalue weighted by atomic mass is 10.2. The number of halogens is 1. The Hall–Kier alpha value is -0.100. The Morgan fingerprint density at radius 3 is 2.56 bits per heavy atom. The number of sulfone groups is 1. The van der Waals surface area contributed by atoms with Gasteiger partial charge in [-0.2, -0.15) is 0 Å². The first-order valence-corrected chi connectivity index (χ1v) is 8.24. The molecule has 0 aliphatic carbocycles. The molecular formula is C10H16ClNO2S2. The molecule has 16 heavy (non-hydrogen) atoms. The molecule has 0 bridgehead atoms. The predicted octanol–water partition coefficient (Wildman–Crippen LogP) is 2.49. The van der Waals surface area contributed by atoms with E-state index >= 15 is 0 Å². The topological polar surface area (TPSA) is 46.2 Å². The van der Waals surface area contributed by atoms with E-state index in [1.54, 1.807) is 13.0 Å². The number of nitrogens with one attached hydrogen (secondary N) is 1. The van der Waals surface area contributed by atoms with E-state index in [0.717, 1.165) is 4.88 Å². The van der Waals surface area contributed by atoms with Gasteiger partial charge in [0.25, 0.3) is 0 Å². The fraction of sp³-hybridized carbons (Fsp3) is 0.600. The van der Waals surface area contributed by atoms with Gasteiger partial charge in [-0.15, -0.1) is 11.3 Å².